The molecule has 3 N–H and O–H groups in total. The summed E-state index contributed by atoms with van der Waals surface area (Å²) >= 11 is 6.15. The normalized spacial score (nSPS) is 10.9. The van der Waals surface area contributed by atoms with Gasteiger partial charge in [0.15, 0.2) is 0 Å². The minimum Gasteiger partial charge on any atom is -0.331 e. The Labute approximate surface area is 106 Å². The van der Waals surface area contributed by atoms with E-state index in [-0.39, 0.29) is 0 Å². The highest BCUT2D eigenvalue weighted by Crippen LogP contribution is 2.30. The second-order valence-corrected chi connectivity index (χ2v) is 4.61. The van der Waals surface area contributed by atoms with Crippen LogP contribution in [-0.4, -0.2) is 9.97 Å². The van der Waals surface area contributed by atoms with Gasteiger partial charge in [0, 0.05) is 5.56 Å². The van der Waals surface area contributed by atoms with Gasteiger partial charge in [0.2, 0.25) is 0 Å². The zero-order chi connectivity index (χ0) is 12.6. The van der Waals surface area contributed by atoms with Crippen LogP contribution in [0.5, 0.6) is 0 Å². The molecule has 3 nitrogen and oxygen atoms in total. The van der Waals surface area contributed by atoms with E-state index in [1.807, 2.05) is 0 Å². The molecule has 0 radical (unpaired) electrons. The van der Waals surface area contributed by atoms with Crippen LogP contribution in [0, 0.1) is 20.8 Å². The molecule has 2 rings (SSSR count). The summed E-state index contributed by atoms with van der Waals surface area (Å²) in [6.07, 6.45) is 0. The smallest absolute Gasteiger partial charge is 0.134 e. The van der Waals surface area contributed by atoms with Crippen molar-refractivity contribution in [2.24, 2.45) is 5.73 Å². The van der Waals surface area contributed by atoms with Gasteiger partial charge in [-0.2, -0.15) is 0 Å². The molecule has 2 aromatic rings. The molecule has 0 saturated heterocycles. The molecule has 1 heterocycles. The van der Waals surface area contributed by atoms with Crippen LogP contribution < -0.4 is 5.73 Å². The van der Waals surface area contributed by atoms with Crippen LogP contribution in [0.3, 0.4) is 0 Å². The summed E-state index contributed by atoms with van der Waals surface area (Å²) in [7, 11) is 0. The molecule has 0 unspecified atom stereocenters. The fourth-order valence-electron chi connectivity index (χ4n) is 1.89. The number of aromatic amines is 1. The van der Waals surface area contributed by atoms with Crippen molar-refractivity contribution in [3.63, 3.8) is 0 Å². The highest BCUT2D eigenvalue weighted by molar-refractivity contribution is 6.32. The molecular weight excluding hydrogens is 234 g/mol. The predicted molar refractivity (Wildman–Crippen MR) is 71.1 cm³/mol. The summed E-state index contributed by atoms with van der Waals surface area (Å²) in [6.45, 7) is 6.66. The second-order valence-electron chi connectivity index (χ2n) is 4.23. The number of halogens is 1. The minimum atomic E-state index is 0.365. The van der Waals surface area contributed by atoms with Gasteiger partial charge in [-0.3, -0.25) is 0 Å². The average Bonchev–Trinajstić information content (AvgIpc) is 2.68. The number of hydrogen-bond donors (Lipinski definition) is 2. The van der Waals surface area contributed by atoms with Crippen LogP contribution in [0.4, 0.5) is 0 Å². The second kappa shape index (κ2) is 4.51. The Kier molecular flexibility index (Phi) is 3.22. The van der Waals surface area contributed by atoms with Crippen molar-refractivity contribution < 1.29 is 0 Å². The molecule has 0 amide bonds. The minimum absolute atomic E-state index is 0.365. The van der Waals surface area contributed by atoms with E-state index in [4.69, 9.17) is 17.3 Å². The molecule has 1 aromatic heterocycles. The Morgan fingerprint density at radius 3 is 2.53 bits per heavy atom. The van der Waals surface area contributed by atoms with E-state index in [0.717, 1.165) is 11.3 Å². The lowest BCUT2D eigenvalue weighted by atomic mass is 9.97. The number of imidazole rings is 1. The van der Waals surface area contributed by atoms with Gasteiger partial charge < -0.3 is 10.7 Å². The van der Waals surface area contributed by atoms with Gasteiger partial charge in [-0.25, -0.2) is 4.98 Å². The van der Waals surface area contributed by atoms with E-state index >= 15 is 0 Å². The third-order valence-corrected chi connectivity index (χ3v) is 3.49. The molecular formula is C13H16ClN3. The first-order valence-corrected chi connectivity index (χ1v) is 5.94. The highest BCUT2D eigenvalue weighted by atomic mass is 35.5. The van der Waals surface area contributed by atoms with E-state index in [0.29, 0.717) is 17.5 Å². The number of aryl methyl sites for hydroxylation is 1. The van der Waals surface area contributed by atoms with Crippen molar-refractivity contribution in [3.8, 4) is 11.3 Å². The fraction of sp³-hybridized carbons (Fsp3) is 0.308. The molecule has 0 fully saturated rings. The van der Waals surface area contributed by atoms with E-state index in [2.05, 4.69) is 42.9 Å². The van der Waals surface area contributed by atoms with Gasteiger partial charge in [-0.15, -0.1) is 0 Å². The monoisotopic (exact) mass is 249 g/mol. The molecule has 0 spiro atoms. The summed E-state index contributed by atoms with van der Waals surface area (Å²) in [4.78, 5) is 7.40. The maximum absolute atomic E-state index is 6.15. The number of hydrogen-bond acceptors (Lipinski definition) is 2. The topological polar surface area (TPSA) is 54.7 Å². The zero-order valence-electron chi connectivity index (χ0n) is 10.3. The van der Waals surface area contributed by atoms with Crippen LogP contribution in [-0.2, 0) is 6.54 Å². The van der Waals surface area contributed by atoms with E-state index in [1.165, 1.54) is 16.7 Å². The number of H-pyrrole nitrogens is 1. The third-order valence-electron chi connectivity index (χ3n) is 3.22. The number of nitrogens with two attached hydrogens (primary N) is 1. The summed E-state index contributed by atoms with van der Waals surface area (Å²) in [6, 6.07) is 4.14. The number of aromatic nitrogens is 2. The molecule has 0 aliphatic carbocycles. The number of nitrogens with zero attached hydrogens (tertiary/aromatic N) is 1. The standard InChI is InChI=1S/C13H16ClN3/c1-7-4-5-10(9(3)8(7)2)12-13(14)17-11(6-15)16-12/h4-5H,6,15H2,1-3H3,(H,16,17). The van der Waals surface area contributed by atoms with Gasteiger partial charge in [0.25, 0.3) is 0 Å². The lowest BCUT2D eigenvalue weighted by Crippen LogP contribution is -1.98. The first kappa shape index (κ1) is 12.1. The number of benzene rings is 1. The van der Waals surface area contributed by atoms with Crippen molar-refractivity contribution in [2.75, 3.05) is 0 Å². The number of rotatable bonds is 2. The lowest BCUT2D eigenvalue weighted by Gasteiger charge is -2.09. The van der Waals surface area contributed by atoms with Crippen molar-refractivity contribution >= 4 is 11.6 Å². The highest BCUT2D eigenvalue weighted by Gasteiger charge is 2.13. The molecule has 0 saturated carbocycles. The van der Waals surface area contributed by atoms with Crippen LogP contribution in [0.25, 0.3) is 11.3 Å². The maximum Gasteiger partial charge on any atom is 0.134 e. The van der Waals surface area contributed by atoms with Crippen molar-refractivity contribution in [2.45, 2.75) is 27.3 Å². The Hall–Kier alpha value is -1.32. The maximum atomic E-state index is 6.15. The molecule has 1 aromatic carbocycles. The fourth-order valence-corrected chi connectivity index (χ4v) is 2.14. The molecule has 0 atom stereocenters. The van der Waals surface area contributed by atoms with Gasteiger partial charge >= 0.3 is 0 Å². The van der Waals surface area contributed by atoms with Crippen LogP contribution >= 0.6 is 11.6 Å². The summed E-state index contributed by atoms with van der Waals surface area (Å²) < 4.78 is 0. The molecule has 0 aliphatic rings. The summed E-state index contributed by atoms with van der Waals surface area (Å²) in [5, 5.41) is 0.553. The zero-order valence-corrected chi connectivity index (χ0v) is 11.0. The van der Waals surface area contributed by atoms with E-state index in [1.54, 1.807) is 0 Å². The molecule has 0 bridgehead atoms. The SMILES string of the molecule is Cc1ccc(-c2nc(CN)[nH]c2Cl)c(C)c1C. The quantitative estimate of drug-likeness (QED) is 0.859. The average molecular weight is 250 g/mol. The van der Waals surface area contributed by atoms with Gasteiger partial charge in [-0.1, -0.05) is 23.7 Å². The molecule has 17 heavy (non-hydrogen) atoms. The van der Waals surface area contributed by atoms with Crippen LogP contribution in [0.2, 0.25) is 5.15 Å². The third kappa shape index (κ3) is 2.08. The van der Waals surface area contributed by atoms with Gasteiger partial charge in [0.1, 0.15) is 16.7 Å². The summed E-state index contributed by atoms with van der Waals surface area (Å²) in [5.74, 6) is 0.711. The first-order chi connectivity index (χ1) is 8.04. The van der Waals surface area contributed by atoms with Crippen LogP contribution in [0.15, 0.2) is 12.1 Å². The number of nitrogens with one attached hydrogen (secondary N) is 1. The lowest BCUT2D eigenvalue weighted by molar-refractivity contribution is 0.950. The molecule has 4 heteroatoms. The van der Waals surface area contributed by atoms with Gasteiger partial charge in [-0.05, 0) is 37.5 Å². The Bertz CT molecular complexity index is 558. The van der Waals surface area contributed by atoms with Crippen molar-refractivity contribution in [1.82, 2.24) is 9.97 Å². The Morgan fingerprint density at radius 1 is 1.24 bits per heavy atom. The summed E-state index contributed by atoms with van der Waals surface area (Å²) in [5.41, 5.74) is 11.2. The Morgan fingerprint density at radius 2 is 1.94 bits per heavy atom. The van der Waals surface area contributed by atoms with Crippen molar-refractivity contribution in [3.05, 3.63) is 39.8 Å². The first-order valence-electron chi connectivity index (χ1n) is 5.56. The van der Waals surface area contributed by atoms with Crippen molar-refractivity contribution in [1.29, 1.82) is 0 Å². The van der Waals surface area contributed by atoms with E-state index in [9.17, 15) is 0 Å². The predicted octanol–water partition coefficient (Wildman–Crippen LogP) is 3.11. The van der Waals surface area contributed by atoms with Gasteiger partial charge in [0.05, 0.1) is 6.54 Å². The Balaban J connectivity index is 2.60. The van der Waals surface area contributed by atoms with Crippen LogP contribution in [0.1, 0.15) is 22.5 Å². The molecule has 0 aliphatic heterocycles. The molecule has 90 valence electrons. The van der Waals surface area contributed by atoms with E-state index < -0.39 is 0 Å². The largest absolute Gasteiger partial charge is 0.331 e.